The number of nitrogens with one attached hydrogen (secondary N) is 2. The third-order valence-electron chi connectivity index (χ3n) is 3.34. The van der Waals surface area contributed by atoms with Gasteiger partial charge in [-0.25, -0.2) is 0 Å². The highest BCUT2D eigenvalue weighted by Crippen LogP contribution is 2.37. The highest BCUT2D eigenvalue weighted by atomic mass is 35.5. The standard InChI is InChI=1S/C15H13ClN2O2S/c1-8-4-5-21-15(8)14(16)9-2-3-10-11(6-9)18-13(20)7-12(19)17-10/h2-6,14H,7H2,1H3,(H,17,19)(H,18,20). The van der Waals surface area contributed by atoms with E-state index in [0.29, 0.717) is 11.4 Å². The van der Waals surface area contributed by atoms with Gasteiger partial charge in [0.05, 0.1) is 16.8 Å². The highest BCUT2D eigenvalue weighted by Gasteiger charge is 2.21. The number of amides is 2. The molecule has 2 N–H and O–H groups in total. The molecule has 108 valence electrons. The molecule has 1 aliphatic heterocycles. The van der Waals surface area contributed by atoms with Crippen molar-refractivity contribution in [1.29, 1.82) is 0 Å². The maximum absolute atomic E-state index is 11.6. The molecule has 0 fully saturated rings. The first-order chi connectivity index (χ1) is 10.0. The summed E-state index contributed by atoms with van der Waals surface area (Å²) in [5.74, 6) is -0.627. The monoisotopic (exact) mass is 320 g/mol. The van der Waals surface area contributed by atoms with Crippen LogP contribution in [0.5, 0.6) is 0 Å². The predicted molar refractivity (Wildman–Crippen MR) is 85.1 cm³/mol. The second-order valence-electron chi connectivity index (χ2n) is 4.91. The fourth-order valence-electron chi connectivity index (χ4n) is 2.26. The number of halogens is 1. The lowest BCUT2D eigenvalue weighted by Crippen LogP contribution is -2.16. The van der Waals surface area contributed by atoms with E-state index in [1.807, 2.05) is 30.5 Å². The van der Waals surface area contributed by atoms with E-state index >= 15 is 0 Å². The van der Waals surface area contributed by atoms with Gasteiger partial charge < -0.3 is 10.6 Å². The maximum Gasteiger partial charge on any atom is 0.233 e. The Morgan fingerprint density at radius 1 is 1.14 bits per heavy atom. The lowest BCUT2D eigenvalue weighted by Gasteiger charge is -2.13. The second kappa shape index (κ2) is 5.50. The number of aryl methyl sites for hydroxylation is 1. The molecule has 2 aromatic rings. The number of carbonyl (C=O) groups is 2. The number of carbonyl (C=O) groups excluding carboxylic acids is 2. The molecule has 0 radical (unpaired) electrons. The normalized spacial score (nSPS) is 15.7. The van der Waals surface area contributed by atoms with E-state index in [4.69, 9.17) is 11.6 Å². The number of anilines is 2. The molecule has 0 spiro atoms. The van der Waals surface area contributed by atoms with Crippen LogP contribution in [0.2, 0.25) is 0 Å². The molecule has 1 atom stereocenters. The number of hydrogen-bond acceptors (Lipinski definition) is 3. The van der Waals surface area contributed by atoms with Crippen molar-refractivity contribution in [2.24, 2.45) is 0 Å². The zero-order valence-corrected chi connectivity index (χ0v) is 12.8. The van der Waals surface area contributed by atoms with E-state index in [9.17, 15) is 9.59 Å². The van der Waals surface area contributed by atoms with Gasteiger partial charge in [0.2, 0.25) is 11.8 Å². The minimum absolute atomic E-state index is 0.168. The second-order valence-corrected chi connectivity index (χ2v) is 6.29. The third kappa shape index (κ3) is 2.80. The zero-order valence-electron chi connectivity index (χ0n) is 11.3. The van der Waals surface area contributed by atoms with Gasteiger partial charge in [0.1, 0.15) is 6.42 Å². The minimum atomic E-state index is -0.318. The van der Waals surface area contributed by atoms with Crippen LogP contribution in [0, 0.1) is 6.92 Å². The summed E-state index contributed by atoms with van der Waals surface area (Å²) in [5, 5.41) is 7.17. The summed E-state index contributed by atoms with van der Waals surface area (Å²) < 4.78 is 0. The van der Waals surface area contributed by atoms with E-state index in [0.717, 1.165) is 16.0 Å². The Hall–Kier alpha value is -1.85. The first-order valence-electron chi connectivity index (χ1n) is 6.46. The molecule has 6 heteroatoms. The van der Waals surface area contributed by atoms with Crippen LogP contribution in [0.1, 0.15) is 27.8 Å². The Balaban J connectivity index is 1.98. The maximum atomic E-state index is 11.6. The molecule has 1 aliphatic rings. The molecular weight excluding hydrogens is 308 g/mol. The van der Waals surface area contributed by atoms with E-state index in [1.165, 1.54) is 0 Å². The highest BCUT2D eigenvalue weighted by molar-refractivity contribution is 7.10. The third-order valence-corrected chi connectivity index (χ3v) is 5.02. The van der Waals surface area contributed by atoms with Crippen molar-refractivity contribution in [1.82, 2.24) is 0 Å². The molecule has 21 heavy (non-hydrogen) atoms. The quantitative estimate of drug-likeness (QED) is 0.655. The van der Waals surface area contributed by atoms with E-state index in [1.54, 1.807) is 17.4 Å². The summed E-state index contributed by atoms with van der Waals surface area (Å²) in [5.41, 5.74) is 3.22. The SMILES string of the molecule is Cc1ccsc1C(Cl)c1ccc2c(c1)NC(=O)CC(=O)N2. The summed E-state index contributed by atoms with van der Waals surface area (Å²) in [6, 6.07) is 7.48. The predicted octanol–water partition coefficient (Wildman–Crippen LogP) is 3.67. The average molecular weight is 321 g/mol. The Kier molecular flexibility index (Phi) is 3.69. The number of hydrogen-bond donors (Lipinski definition) is 2. The Labute approximate surface area is 131 Å². The summed E-state index contributed by atoms with van der Waals surface area (Å²) >= 11 is 8.14. The van der Waals surface area contributed by atoms with Crippen molar-refractivity contribution in [3.05, 3.63) is 45.6 Å². The van der Waals surface area contributed by atoms with Crippen LogP contribution in [0.3, 0.4) is 0 Å². The molecule has 0 saturated heterocycles. The minimum Gasteiger partial charge on any atom is -0.324 e. The number of alkyl halides is 1. The van der Waals surface area contributed by atoms with Crippen molar-refractivity contribution in [3.63, 3.8) is 0 Å². The number of fused-ring (bicyclic) bond motifs is 1. The topological polar surface area (TPSA) is 58.2 Å². The van der Waals surface area contributed by atoms with Crippen molar-refractivity contribution < 1.29 is 9.59 Å². The fourth-order valence-corrected chi connectivity index (χ4v) is 3.65. The van der Waals surface area contributed by atoms with Gasteiger partial charge in [-0.3, -0.25) is 9.59 Å². The first kappa shape index (κ1) is 14.1. The van der Waals surface area contributed by atoms with Crippen molar-refractivity contribution in [3.8, 4) is 0 Å². The van der Waals surface area contributed by atoms with Crippen LogP contribution < -0.4 is 10.6 Å². The zero-order chi connectivity index (χ0) is 15.0. The van der Waals surface area contributed by atoms with Crippen LogP contribution in [-0.2, 0) is 9.59 Å². The largest absolute Gasteiger partial charge is 0.324 e. The van der Waals surface area contributed by atoms with Crippen LogP contribution >= 0.6 is 22.9 Å². The molecular formula is C15H13ClN2O2S. The van der Waals surface area contributed by atoms with Crippen LogP contribution in [0.25, 0.3) is 0 Å². The number of thiophene rings is 1. The van der Waals surface area contributed by atoms with Gasteiger partial charge in [-0.05, 0) is 41.6 Å². The van der Waals surface area contributed by atoms with Crippen LogP contribution in [0.4, 0.5) is 11.4 Å². The first-order valence-corrected chi connectivity index (χ1v) is 7.78. The van der Waals surface area contributed by atoms with Gasteiger partial charge in [0, 0.05) is 4.88 Å². The van der Waals surface area contributed by atoms with E-state index in [2.05, 4.69) is 10.6 Å². The molecule has 2 heterocycles. The number of rotatable bonds is 2. The molecule has 1 unspecified atom stereocenters. The van der Waals surface area contributed by atoms with Crippen LogP contribution in [-0.4, -0.2) is 11.8 Å². The van der Waals surface area contributed by atoms with Gasteiger partial charge in [-0.1, -0.05) is 6.07 Å². The summed E-state index contributed by atoms with van der Waals surface area (Å²) in [6.45, 7) is 2.02. The molecule has 0 saturated carbocycles. The number of benzene rings is 1. The van der Waals surface area contributed by atoms with Gasteiger partial charge >= 0.3 is 0 Å². The molecule has 1 aromatic carbocycles. The van der Waals surface area contributed by atoms with Crippen LogP contribution in [0.15, 0.2) is 29.6 Å². The fraction of sp³-hybridized carbons (Fsp3) is 0.200. The molecule has 4 nitrogen and oxygen atoms in total. The Morgan fingerprint density at radius 3 is 2.52 bits per heavy atom. The summed E-state index contributed by atoms with van der Waals surface area (Å²) in [6.07, 6.45) is -0.168. The van der Waals surface area contributed by atoms with Crippen molar-refractivity contribution >= 4 is 46.1 Å². The van der Waals surface area contributed by atoms with E-state index < -0.39 is 0 Å². The average Bonchev–Trinajstić information content (AvgIpc) is 2.79. The summed E-state index contributed by atoms with van der Waals surface area (Å²) in [4.78, 5) is 24.2. The molecule has 0 aliphatic carbocycles. The van der Waals surface area contributed by atoms with Crippen molar-refractivity contribution in [2.75, 3.05) is 10.6 Å². The summed E-state index contributed by atoms with van der Waals surface area (Å²) in [7, 11) is 0. The Bertz CT molecular complexity index is 726. The van der Waals surface area contributed by atoms with E-state index in [-0.39, 0.29) is 23.6 Å². The van der Waals surface area contributed by atoms with Crippen molar-refractivity contribution in [2.45, 2.75) is 18.7 Å². The molecule has 1 aromatic heterocycles. The van der Waals surface area contributed by atoms with Gasteiger partial charge in [-0.2, -0.15) is 0 Å². The molecule has 0 bridgehead atoms. The van der Waals surface area contributed by atoms with Gasteiger partial charge in [0.25, 0.3) is 0 Å². The Morgan fingerprint density at radius 2 is 1.86 bits per heavy atom. The molecule has 3 rings (SSSR count). The van der Waals surface area contributed by atoms with Gasteiger partial charge in [-0.15, -0.1) is 22.9 Å². The smallest absolute Gasteiger partial charge is 0.233 e. The molecule has 2 amide bonds. The lowest BCUT2D eigenvalue weighted by molar-refractivity contribution is -0.123. The van der Waals surface area contributed by atoms with Gasteiger partial charge in [0.15, 0.2) is 0 Å². The lowest BCUT2D eigenvalue weighted by atomic mass is 10.1.